The van der Waals surface area contributed by atoms with E-state index in [1.807, 2.05) is 90.7 Å². The number of benzene rings is 3. The number of carbonyl (C=O) groups is 2. The Balaban J connectivity index is 1.51. The molecular formula is C25H23N3O2S. The molecule has 0 saturated carbocycles. The van der Waals surface area contributed by atoms with Gasteiger partial charge in [0, 0.05) is 23.5 Å². The van der Waals surface area contributed by atoms with Crippen molar-refractivity contribution in [1.29, 1.82) is 0 Å². The molecule has 0 aromatic heterocycles. The molecule has 1 atom stereocenters. The van der Waals surface area contributed by atoms with Crippen molar-refractivity contribution in [1.82, 2.24) is 4.90 Å². The number of amides is 3. The number of urea groups is 1. The zero-order valence-corrected chi connectivity index (χ0v) is 18.1. The largest absolute Gasteiger partial charge is 0.323 e. The maximum atomic E-state index is 13.9. The van der Waals surface area contributed by atoms with Gasteiger partial charge in [0.1, 0.15) is 0 Å². The van der Waals surface area contributed by atoms with E-state index >= 15 is 0 Å². The Kier molecular flexibility index (Phi) is 4.94. The van der Waals surface area contributed by atoms with Crippen LogP contribution in [0.4, 0.5) is 16.2 Å². The van der Waals surface area contributed by atoms with Gasteiger partial charge in [-0.1, -0.05) is 60.7 Å². The second kappa shape index (κ2) is 7.78. The van der Waals surface area contributed by atoms with Gasteiger partial charge in [0.25, 0.3) is 5.91 Å². The van der Waals surface area contributed by atoms with Crippen LogP contribution in [-0.2, 0) is 16.2 Å². The molecule has 0 unspecified atom stereocenters. The first-order valence-corrected chi connectivity index (χ1v) is 11.3. The minimum atomic E-state index is -1.03. The Morgan fingerprint density at radius 3 is 2.61 bits per heavy atom. The summed E-state index contributed by atoms with van der Waals surface area (Å²) >= 11 is 1.54. The molecule has 3 aromatic rings. The van der Waals surface area contributed by atoms with Crippen molar-refractivity contribution in [2.24, 2.45) is 0 Å². The van der Waals surface area contributed by atoms with Crippen LogP contribution in [-0.4, -0.2) is 29.1 Å². The number of hydrogen-bond acceptors (Lipinski definition) is 3. The Morgan fingerprint density at radius 1 is 1.03 bits per heavy atom. The van der Waals surface area contributed by atoms with Gasteiger partial charge in [0.2, 0.25) is 0 Å². The van der Waals surface area contributed by atoms with Gasteiger partial charge < -0.3 is 10.2 Å². The first-order valence-electron chi connectivity index (χ1n) is 10.3. The summed E-state index contributed by atoms with van der Waals surface area (Å²) in [6, 6.07) is 25.2. The number of rotatable bonds is 3. The van der Waals surface area contributed by atoms with Crippen molar-refractivity contribution in [3.05, 3.63) is 95.6 Å². The Bertz CT molecular complexity index is 1150. The summed E-state index contributed by atoms with van der Waals surface area (Å²) < 4.78 is 0. The van der Waals surface area contributed by atoms with E-state index in [1.54, 1.807) is 16.7 Å². The van der Waals surface area contributed by atoms with Crippen LogP contribution >= 0.6 is 11.8 Å². The number of aryl methyl sites for hydroxylation is 1. The molecule has 1 fully saturated rings. The highest BCUT2D eigenvalue weighted by Gasteiger charge is 2.59. The van der Waals surface area contributed by atoms with Crippen molar-refractivity contribution < 1.29 is 9.59 Å². The normalized spacial score (nSPS) is 19.7. The van der Waals surface area contributed by atoms with Gasteiger partial charge in [0.05, 0.1) is 12.2 Å². The van der Waals surface area contributed by atoms with Gasteiger partial charge in [-0.15, -0.1) is 11.8 Å². The predicted octanol–water partition coefficient (Wildman–Crippen LogP) is 4.98. The lowest BCUT2D eigenvalue weighted by molar-refractivity contribution is -0.123. The van der Waals surface area contributed by atoms with Crippen LogP contribution in [0.5, 0.6) is 0 Å². The van der Waals surface area contributed by atoms with Gasteiger partial charge in [-0.05, 0) is 36.2 Å². The third kappa shape index (κ3) is 3.27. The molecule has 156 valence electrons. The first kappa shape index (κ1) is 19.7. The molecule has 6 heteroatoms. The minimum Gasteiger partial charge on any atom is -0.308 e. The monoisotopic (exact) mass is 429 g/mol. The molecule has 1 saturated heterocycles. The van der Waals surface area contributed by atoms with Gasteiger partial charge in [-0.2, -0.15) is 0 Å². The summed E-state index contributed by atoms with van der Waals surface area (Å²) in [6.45, 7) is 2.98. The topological polar surface area (TPSA) is 52.7 Å². The fourth-order valence-corrected chi connectivity index (χ4v) is 5.87. The van der Waals surface area contributed by atoms with Crippen LogP contribution in [0, 0.1) is 6.92 Å². The highest BCUT2D eigenvalue weighted by atomic mass is 32.2. The Labute approximate surface area is 186 Å². The zero-order valence-electron chi connectivity index (χ0n) is 17.2. The minimum absolute atomic E-state index is 0.0561. The maximum Gasteiger partial charge on any atom is 0.323 e. The fraction of sp³-hybridized carbons (Fsp3) is 0.200. The number of nitrogens with one attached hydrogen (secondary N) is 1. The number of para-hydroxylation sites is 1. The summed E-state index contributed by atoms with van der Waals surface area (Å²) in [5, 5.41) is 2.99. The van der Waals surface area contributed by atoms with E-state index in [4.69, 9.17) is 0 Å². The SMILES string of the molecule is Cc1cccc(NC(=O)N2CCS[C@@]23C(=O)N(Cc2ccccc2)c2ccccc23)c1. The average Bonchev–Trinajstić information content (AvgIpc) is 3.32. The molecule has 3 aromatic carbocycles. The third-order valence-corrected chi connectivity index (χ3v) is 7.22. The first-order chi connectivity index (χ1) is 15.1. The van der Waals surface area contributed by atoms with Crippen LogP contribution in [0.2, 0.25) is 0 Å². The standard InChI is InChI=1S/C25H23N3O2S/c1-18-8-7-11-20(16-18)26-24(30)28-14-15-31-25(28)21-12-5-6-13-22(21)27(23(25)29)17-19-9-3-2-4-10-19/h2-13,16H,14-15,17H2,1H3,(H,26,30)/t25-/m0/s1. The summed E-state index contributed by atoms with van der Waals surface area (Å²) in [7, 11) is 0. The molecule has 31 heavy (non-hydrogen) atoms. The van der Waals surface area contributed by atoms with Crippen LogP contribution in [0.1, 0.15) is 16.7 Å². The number of nitrogens with zero attached hydrogens (tertiary/aromatic N) is 2. The molecule has 2 aliphatic rings. The average molecular weight is 430 g/mol. The molecule has 5 rings (SSSR count). The molecule has 5 nitrogen and oxygen atoms in total. The van der Waals surface area contributed by atoms with E-state index in [1.165, 1.54) is 0 Å². The van der Waals surface area contributed by atoms with Crippen molar-refractivity contribution in [2.45, 2.75) is 18.3 Å². The van der Waals surface area contributed by atoms with E-state index in [9.17, 15) is 9.59 Å². The smallest absolute Gasteiger partial charge is 0.308 e. The summed E-state index contributed by atoms with van der Waals surface area (Å²) in [4.78, 5) is 29.7. The highest BCUT2D eigenvalue weighted by molar-refractivity contribution is 8.01. The number of thioether (sulfide) groups is 1. The fourth-order valence-electron chi connectivity index (χ4n) is 4.40. The molecular weight excluding hydrogens is 406 g/mol. The van der Waals surface area contributed by atoms with Crippen molar-refractivity contribution >= 4 is 35.1 Å². The molecule has 2 heterocycles. The van der Waals surface area contributed by atoms with E-state index in [2.05, 4.69) is 5.32 Å². The van der Waals surface area contributed by atoms with Crippen LogP contribution in [0.25, 0.3) is 0 Å². The van der Waals surface area contributed by atoms with Gasteiger partial charge >= 0.3 is 6.03 Å². The van der Waals surface area contributed by atoms with Crippen molar-refractivity contribution in [2.75, 3.05) is 22.5 Å². The summed E-state index contributed by atoms with van der Waals surface area (Å²) in [5.74, 6) is 0.653. The quantitative estimate of drug-likeness (QED) is 0.639. The molecule has 3 amide bonds. The van der Waals surface area contributed by atoms with Gasteiger partial charge in [-0.25, -0.2) is 4.79 Å². The number of fused-ring (bicyclic) bond motifs is 2. The van der Waals surface area contributed by atoms with Crippen molar-refractivity contribution in [3.8, 4) is 0 Å². The van der Waals surface area contributed by atoms with E-state index in [-0.39, 0.29) is 11.9 Å². The zero-order chi connectivity index (χ0) is 21.4. The van der Waals surface area contributed by atoms with E-state index in [0.717, 1.165) is 28.1 Å². The second-order valence-electron chi connectivity index (χ2n) is 7.84. The maximum absolute atomic E-state index is 13.9. The number of carbonyl (C=O) groups excluding carboxylic acids is 2. The molecule has 0 bridgehead atoms. The number of hydrogen-bond donors (Lipinski definition) is 1. The van der Waals surface area contributed by atoms with Crippen LogP contribution in [0.15, 0.2) is 78.9 Å². The molecule has 1 spiro atoms. The summed E-state index contributed by atoms with van der Waals surface area (Å²) in [6.07, 6.45) is 0. The molecule has 0 radical (unpaired) electrons. The molecule has 0 aliphatic carbocycles. The Hall–Kier alpha value is -3.25. The van der Waals surface area contributed by atoms with Crippen LogP contribution in [0.3, 0.4) is 0 Å². The van der Waals surface area contributed by atoms with E-state index < -0.39 is 4.87 Å². The van der Waals surface area contributed by atoms with Crippen LogP contribution < -0.4 is 10.2 Å². The summed E-state index contributed by atoms with van der Waals surface area (Å²) in [5.41, 5.74) is 4.62. The lowest BCUT2D eigenvalue weighted by Gasteiger charge is -2.33. The lowest BCUT2D eigenvalue weighted by atomic mass is 10.1. The molecule has 2 aliphatic heterocycles. The predicted molar refractivity (Wildman–Crippen MR) is 125 cm³/mol. The highest BCUT2D eigenvalue weighted by Crippen LogP contribution is 2.54. The van der Waals surface area contributed by atoms with E-state index in [0.29, 0.717) is 18.8 Å². The molecule has 1 N–H and O–H groups in total. The third-order valence-electron chi connectivity index (χ3n) is 5.80. The lowest BCUT2D eigenvalue weighted by Crippen LogP contribution is -2.51. The van der Waals surface area contributed by atoms with Gasteiger partial charge in [-0.3, -0.25) is 9.69 Å². The number of anilines is 2. The Morgan fingerprint density at radius 2 is 1.81 bits per heavy atom. The second-order valence-corrected chi connectivity index (χ2v) is 9.13. The van der Waals surface area contributed by atoms with Gasteiger partial charge in [0.15, 0.2) is 4.87 Å². The van der Waals surface area contributed by atoms with Crippen molar-refractivity contribution in [3.63, 3.8) is 0 Å².